The molecule has 4 fully saturated rings. The number of hydrogen-bond acceptors (Lipinski definition) is 3. The fourth-order valence-corrected chi connectivity index (χ4v) is 4.45. The molecule has 0 aliphatic heterocycles. The molecule has 4 aliphatic carbocycles. The van der Waals surface area contributed by atoms with Crippen LogP contribution in [0.5, 0.6) is 5.75 Å². The fraction of sp³-hybridized carbons (Fsp3) is 0.562. The minimum absolute atomic E-state index is 0.00959. The Morgan fingerprint density at radius 3 is 2.38 bits per heavy atom. The molecule has 0 saturated heterocycles. The smallest absolute Gasteiger partial charge is 0.318 e. The standard InChI is InChI=1S/C16H16F2O3/c17-16(18)10-8-12-13(9-10)15(12,16)14(19)21-7-6-20-11-4-2-1-3-5-11/h1-5,10,12-13H,6-9H2. The van der Waals surface area contributed by atoms with Crippen LogP contribution in [0.2, 0.25) is 0 Å². The molecule has 0 spiro atoms. The van der Waals surface area contributed by atoms with Gasteiger partial charge in [0.2, 0.25) is 0 Å². The first kappa shape index (κ1) is 13.0. The number of esters is 1. The fourth-order valence-electron chi connectivity index (χ4n) is 4.45. The molecule has 0 N–H and O–H groups in total. The van der Waals surface area contributed by atoms with Crippen LogP contribution in [-0.2, 0) is 9.53 Å². The number of alkyl halides is 2. The van der Waals surface area contributed by atoms with Gasteiger partial charge in [-0.1, -0.05) is 18.2 Å². The highest BCUT2D eigenvalue weighted by atomic mass is 19.3. The molecular formula is C16H16F2O3. The first-order valence-electron chi connectivity index (χ1n) is 7.31. The van der Waals surface area contributed by atoms with Gasteiger partial charge in [0.25, 0.3) is 5.92 Å². The van der Waals surface area contributed by atoms with E-state index in [-0.39, 0.29) is 25.0 Å². The molecule has 5 heteroatoms. The number of carbonyl (C=O) groups excluding carboxylic acids is 1. The van der Waals surface area contributed by atoms with Crippen LogP contribution in [0.1, 0.15) is 12.8 Å². The Hall–Kier alpha value is -1.65. The topological polar surface area (TPSA) is 35.5 Å². The normalized spacial score (nSPS) is 37.3. The molecule has 5 rings (SSSR count). The second-order valence-corrected chi connectivity index (χ2v) is 6.17. The molecule has 0 heterocycles. The van der Waals surface area contributed by atoms with Crippen molar-refractivity contribution in [2.24, 2.45) is 23.2 Å². The zero-order valence-corrected chi connectivity index (χ0v) is 11.4. The minimum atomic E-state index is -2.88. The molecule has 1 aromatic rings. The number of rotatable bonds is 5. The van der Waals surface area contributed by atoms with E-state index in [9.17, 15) is 13.6 Å². The van der Waals surface area contributed by atoms with Gasteiger partial charge in [-0.05, 0) is 36.8 Å². The Morgan fingerprint density at radius 2 is 1.81 bits per heavy atom. The lowest BCUT2D eigenvalue weighted by atomic mass is 9.99. The summed E-state index contributed by atoms with van der Waals surface area (Å²) in [5.74, 6) is -3.84. The quantitative estimate of drug-likeness (QED) is 0.619. The van der Waals surface area contributed by atoms with Gasteiger partial charge in [0, 0.05) is 5.92 Å². The number of carbonyl (C=O) groups is 1. The zero-order chi connectivity index (χ0) is 14.7. The molecule has 2 atom stereocenters. The first-order chi connectivity index (χ1) is 10.1. The molecule has 112 valence electrons. The SMILES string of the molecule is O=C(OCCOc1ccccc1)C12C3CC(CC31)C2(F)F. The summed E-state index contributed by atoms with van der Waals surface area (Å²) in [6.45, 7) is 0.186. The van der Waals surface area contributed by atoms with E-state index in [1.54, 1.807) is 12.1 Å². The third kappa shape index (κ3) is 1.54. The van der Waals surface area contributed by atoms with E-state index in [0.29, 0.717) is 18.6 Å². The maximum atomic E-state index is 14.2. The Balaban J connectivity index is 1.32. The maximum Gasteiger partial charge on any atom is 0.318 e. The lowest BCUT2D eigenvalue weighted by Gasteiger charge is -2.21. The van der Waals surface area contributed by atoms with Gasteiger partial charge in [-0.25, -0.2) is 8.78 Å². The number of ether oxygens (including phenoxy) is 2. The van der Waals surface area contributed by atoms with E-state index in [2.05, 4.69) is 0 Å². The lowest BCUT2D eigenvalue weighted by molar-refractivity contribution is -0.168. The van der Waals surface area contributed by atoms with Crippen LogP contribution in [0.4, 0.5) is 8.78 Å². The van der Waals surface area contributed by atoms with E-state index >= 15 is 0 Å². The summed E-state index contributed by atoms with van der Waals surface area (Å²) >= 11 is 0. The molecule has 4 bridgehead atoms. The van der Waals surface area contributed by atoms with Crippen molar-refractivity contribution in [3.05, 3.63) is 30.3 Å². The van der Waals surface area contributed by atoms with Crippen LogP contribution in [0.3, 0.4) is 0 Å². The highest BCUT2D eigenvalue weighted by Crippen LogP contribution is 2.84. The van der Waals surface area contributed by atoms with E-state index in [1.807, 2.05) is 18.2 Å². The highest BCUT2D eigenvalue weighted by molar-refractivity contribution is 5.85. The lowest BCUT2D eigenvalue weighted by Crippen LogP contribution is -2.37. The second-order valence-electron chi connectivity index (χ2n) is 6.17. The Morgan fingerprint density at radius 1 is 1.14 bits per heavy atom. The van der Waals surface area contributed by atoms with Crippen molar-refractivity contribution in [3.63, 3.8) is 0 Å². The van der Waals surface area contributed by atoms with Crippen molar-refractivity contribution in [3.8, 4) is 5.75 Å². The third-order valence-electron chi connectivity index (χ3n) is 5.35. The summed E-state index contributed by atoms with van der Waals surface area (Å²) in [4.78, 5) is 12.1. The largest absolute Gasteiger partial charge is 0.490 e. The van der Waals surface area contributed by atoms with Gasteiger partial charge < -0.3 is 9.47 Å². The number of hydrogen-bond donors (Lipinski definition) is 0. The second kappa shape index (κ2) is 4.18. The molecule has 4 saturated carbocycles. The summed E-state index contributed by atoms with van der Waals surface area (Å²) in [5, 5.41) is 0. The van der Waals surface area contributed by atoms with Crippen molar-refractivity contribution in [1.82, 2.24) is 0 Å². The Kier molecular flexibility index (Phi) is 2.60. The summed E-state index contributed by atoms with van der Waals surface area (Å²) in [7, 11) is 0. The summed E-state index contributed by atoms with van der Waals surface area (Å²) < 4.78 is 38.8. The molecule has 0 radical (unpaired) electrons. The molecule has 0 amide bonds. The molecule has 21 heavy (non-hydrogen) atoms. The van der Waals surface area contributed by atoms with Gasteiger partial charge in [-0.3, -0.25) is 4.79 Å². The first-order valence-corrected chi connectivity index (χ1v) is 7.31. The van der Waals surface area contributed by atoms with Crippen LogP contribution in [-0.4, -0.2) is 25.1 Å². The van der Waals surface area contributed by atoms with E-state index < -0.39 is 23.2 Å². The van der Waals surface area contributed by atoms with Crippen molar-refractivity contribution >= 4 is 5.97 Å². The molecule has 3 nitrogen and oxygen atoms in total. The van der Waals surface area contributed by atoms with Crippen LogP contribution < -0.4 is 4.74 Å². The maximum absolute atomic E-state index is 14.2. The van der Waals surface area contributed by atoms with Crippen molar-refractivity contribution in [2.45, 2.75) is 18.8 Å². The average Bonchev–Trinajstić information content (AvgIpc) is 2.74. The van der Waals surface area contributed by atoms with Gasteiger partial charge in [0.1, 0.15) is 24.4 Å². The van der Waals surface area contributed by atoms with Crippen LogP contribution in [0.15, 0.2) is 30.3 Å². The van der Waals surface area contributed by atoms with Crippen molar-refractivity contribution in [2.75, 3.05) is 13.2 Å². The van der Waals surface area contributed by atoms with Gasteiger partial charge in [0.05, 0.1) is 0 Å². The Bertz CT molecular complexity index is 560. The zero-order valence-electron chi connectivity index (χ0n) is 11.4. The van der Waals surface area contributed by atoms with E-state index in [1.165, 1.54) is 0 Å². The minimum Gasteiger partial charge on any atom is -0.490 e. The van der Waals surface area contributed by atoms with Gasteiger partial charge in [-0.15, -0.1) is 0 Å². The third-order valence-corrected chi connectivity index (χ3v) is 5.35. The number of halogens is 2. The number of benzene rings is 1. The summed E-state index contributed by atoms with van der Waals surface area (Å²) in [5.41, 5.74) is -1.50. The molecular weight excluding hydrogens is 278 g/mol. The molecule has 4 aliphatic rings. The number of para-hydroxylation sites is 1. The monoisotopic (exact) mass is 294 g/mol. The predicted octanol–water partition coefficient (Wildman–Crippen LogP) is 2.90. The Labute approximate surface area is 121 Å². The van der Waals surface area contributed by atoms with Gasteiger partial charge >= 0.3 is 5.97 Å². The van der Waals surface area contributed by atoms with Gasteiger partial charge in [-0.2, -0.15) is 0 Å². The predicted molar refractivity (Wildman–Crippen MR) is 70.0 cm³/mol. The summed E-state index contributed by atoms with van der Waals surface area (Å²) in [6, 6.07) is 9.12. The van der Waals surface area contributed by atoms with E-state index in [4.69, 9.17) is 9.47 Å². The van der Waals surface area contributed by atoms with E-state index in [0.717, 1.165) is 0 Å². The highest BCUT2D eigenvalue weighted by Gasteiger charge is 2.92. The van der Waals surface area contributed by atoms with Crippen LogP contribution >= 0.6 is 0 Å². The molecule has 1 aromatic carbocycles. The average molecular weight is 294 g/mol. The molecule has 0 aromatic heterocycles. The molecule has 2 unspecified atom stereocenters. The van der Waals surface area contributed by atoms with Crippen LogP contribution in [0.25, 0.3) is 0 Å². The van der Waals surface area contributed by atoms with Crippen molar-refractivity contribution < 1.29 is 23.0 Å². The van der Waals surface area contributed by atoms with Gasteiger partial charge in [0.15, 0.2) is 0 Å². The van der Waals surface area contributed by atoms with Crippen molar-refractivity contribution in [1.29, 1.82) is 0 Å². The van der Waals surface area contributed by atoms with Crippen LogP contribution in [0, 0.1) is 23.2 Å². The summed E-state index contributed by atoms with van der Waals surface area (Å²) in [6.07, 6.45) is 0.959.